The molecule has 0 saturated heterocycles. The molecule has 0 aliphatic carbocycles. The summed E-state index contributed by atoms with van der Waals surface area (Å²) in [6, 6.07) is 7.22. The molecule has 0 atom stereocenters. The van der Waals surface area contributed by atoms with Crippen LogP contribution in [0.5, 0.6) is 5.75 Å². The molecule has 0 aliphatic rings. The molecule has 0 aromatic heterocycles. The lowest BCUT2D eigenvalue weighted by molar-refractivity contribution is 0.183. The smallest absolute Gasteiger partial charge is 0.122 e. The Balaban J connectivity index is 0.00000232. The summed E-state index contributed by atoms with van der Waals surface area (Å²) in [5.74, 6) is 1.01. The van der Waals surface area contributed by atoms with Crippen LogP contribution in [0.3, 0.4) is 0 Å². The molecule has 0 unspecified atom stereocenters. The maximum absolute atomic E-state index is 5.97. The van der Waals surface area contributed by atoms with E-state index >= 15 is 0 Å². The monoisotopic (exact) mass is 321 g/mol. The highest BCUT2D eigenvalue weighted by Crippen LogP contribution is 2.27. The predicted octanol–water partition coefficient (Wildman–Crippen LogP) is 5.82. The lowest BCUT2D eigenvalue weighted by atomic mass is 9.86. The van der Waals surface area contributed by atoms with Crippen molar-refractivity contribution in [1.82, 2.24) is 4.90 Å². The van der Waals surface area contributed by atoms with E-state index in [1.807, 2.05) is 13.8 Å². The molecule has 2 heteroatoms. The van der Waals surface area contributed by atoms with Crippen molar-refractivity contribution >= 4 is 0 Å². The van der Waals surface area contributed by atoms with Gasteiger partial charge < -0.3 is 9.64 Å². The van der Waals surface area contributed by atoms with E-state index in [0.29, 0.717) is 6.04 Å². The summed E-state index contributed by atoms with van der Waals surface area (Å²) in [7, 11) is 2.19. The lowest BCUT2D eigenvalue weighted by Gasteiger charge is -2.26. The molecule has 0 amide bonds. The average molecular weight is 322 g/mol. The summed E-state index contributed by atoms with van der Waals surface area (Å²) in [6.07, 6.45) is 2.40. The van der Waals surface area contributed by atoms with Crippen LogP contribution >= 0.6 is 0 Å². The minimum atomic E-state index is 0.193. The Morgan fingerprint density at radius 3 is 2.09 bits per heavy atom. The number of ether oxygens (including phenoxy) is 1. The van der Waals surface area contributed by atoms with Gasteiger partial charge in [0, 0.05) is 12.6 Å². The normalized spacial score (nSPS) is 11.4. The number of aryl methyl sites for hydroxylation is 1. The maximum Gasteiger partial charge on any atom is 0.122 e. The van der Waals surface area contributed by atoms with E-state index < -0.39 is 0 Å². The summed E-state index contributed by atoms with van der Waals surface area (Å²) < 4.78 is 5.97. The van der Waals surface area contributed by atoms with Crippen LogP contribution in [0.1, 0.15) is 72.4 Å². The second-order valence-corrected chi connectivity index (χ2v) is 7.03. The highest BCUT2D eigenvalue weighted by Gasteiger charge is 2.15. The van der Waals surface area contributed by atoms with Crippen molar-refractivity contribution < 1.29 is 4.74 Å². The number of likely N-dealkylation sites (N-methyl/N-ethyl adjacent to an activating group) is 1. The summed E-state index contributed by atoms with van der Waals surface area (Å²) >= 11 is 0. The molecule has 1 rings (SSSR count). The van der Waals surface area contributed by atoms with Gasteiger partial charge >= 0.3 is 0 Å². The van der Waals surface area contributed by atoms with Gasteiger partial charge in [-0.05, 0) is 49.4 Å². The van der Waals surface area contributed by atoms with Crippen LogP contribution in [0, 0.1) is 6.92 Å². The highest BCUT2D eigenvalue weighted by molar-refractivity contribution is 5.38. The topological polar surface area (TPSA) is 12.5 Å². The molecule has 0 heterocycles. The van der Waals surface area contributed by atoms with Crippen molar-refractivity contribution in [3.8, 4) is 5.75 Å². The molecule has 0 saturated carbocycles. The summed E-state index contributed by atoms with van der Waals surface area (Å²) in [6.45, 7) is 19.1. The zero-order chi connectivity index (χ0) is 18.0. The SMILES string of the molecule is CC.CCC(CC)N(C)CCOc1ccc(C(C)(C)C)cc1C. The quantitative estimate of drug-likeness (QED) is 0.627. The number of nitrogens with zero attached hydrogens (tertiary/aromatic N) is 1. The highest BCUT2D eigenvalue weighted by atomic mass is 16.5. The molecule has 0 fully saturated rings. The molecule has 0 aliphatic heterocycles. The molecular formula is C21H39NO. The molecular weight excluding hydrogens is 282 g/mol. The molecule has 0 radical (unpaired) electrons. The number of hydrogen-bond donors (Lipinski definition) is 0. The number of rotatable bonds is 7. The van der Waals surface area contributed by atoms with Gasteiger partial charge in [-0.1, -0.05) is 60.6 Å². The van der Waals surface area contributed by atoms with Gasteiger partial charge in [-0.25, -0.2) is 0 Å². The van der Waals surface area contributed by atoms with Crippen molar-refractivity contribution in [2.75, 3.05) is 20.2 Å². The predicted molar refractivity (Wildman–Crippen MR) is 104 cm³/mol. The minimum absolute atomic E-state index is 0.193. The third-order valence-corrected chi connectivity index (χ3v) is 4.31. The minimum Gasteiger partial charge on any atom is -0.492 e. The van der Waals surface area contributed by atoms with Gasteiger partial charge in [-0.2, -0.15) is 0 Å². The van der Waals surface area contributed by atoms with Crippen LogP contribution in [0.2, 0.25) is 0 Å². The van der Waals surface area contributed by atoms with E-state index in [1.54, 1.807) is 0 Å². The van der Waals surface area contributed by atoms with Crippen molar-refractivity contribution in [3.63, 3.8) is 0 Å². The van der Waals surface area contributed by atoms with E-state index in [-0.39, 0.29) is 5.41 Å². The number of benzene rings is 1. The van der Waals surface area contributed by atoms with E-state index in [1.165, 1.54) is 24.0 Å². The second kappa shape index (κ2) is 10.7. The van der Waals surface area contributed by atoms with E-state index in [0.717, 1.165) is 18.9 Å². The van der Waals surface area contributed by atoms with Crippen molar-refractivity contribution in [3.05, 3.63) is 29.3 Å². The van der Waals surface area contributed by atoms with E-state index in [9.17, 15) is 0 Å². The van der Waals surface area contributed by atoms with Crippen LogP contribution in [0.4, 0.5) is 0 Å². The van der Waals surface area contributed by atoms with Gasteiger partial charge in [-0.15, -0.1) is 0 Å². The first-order chi connectivity index (χ1) is 10.8. The van der Waals surface area contributed by atoms with Crippen molar-refractivity contribution in [1.29, 1.82) is 0 Å². The Bertz CT molecular complexity index is 430. The van der Waals surface area contributed by atoms with Crippen molar-refractivity contribution in [2.24, 2.45) is 0 Å². The Morgan fingerprint density at radius 2 is 1.65 bits per heavy atom. The molecule has 1 aromatic carbocycles. The van der Waals surface area contributed by atoms with Gasteiger partial charge in [0.15, 0.2) is 0 Å². The molecule has 0 spiro atoms. The fraction of sp³-hybridized carbons (Fsp3) is 0.714. The molecule has 23 heavy (non-hydrogen) atoms. The van der Waals surface area contributed by atoms with Crippen LogP contribution in [0.15, 0.2) is 18.2 Å². The largest absolute Gasteiger partial charge is 0.492 e. The number of hydrogen-bond acceptors (Lipinski definition) is 2. The van der Waals surface area contributed by atoms with Gasteiger partial charge in [0.05, 0.1) is 0 Å². The van der Waals surface area contributed by atoms with Crippen LogP contribution < -0.4 is 4.74 Å². The zero-order valence-electron chi connectivity index (χ0n) is 17.0. The van der Waals surface area contributed by atoms with Crippen LogP contribution in [0.25, 0.3) is 0 Å². The molecule has 1 aromatic rings. The standard InChI is InChI=1S/C19H33NO.C2H6/c1-8-17(9-2)20(7)12-13-21-18-11-10-16(14-15(18)3)19(4,5)6;1-2/h10-11,14,17H,8-9,12-13H2,1-7H3;1-2H3. The van der Waals surface area contributed by atoms with E-state index in [2.05, 4.69) is 71.7 Å². The Kier molecular flexibility index (Phi) is 10.2. The fourth-order valence-corrected chi connectivity index (χ4v) is 2.67. The third-order valence-electron chi connectivity index (χ3n) is 4.31. The lowest BCUT2D eigenvalue weighted by Crippen LogP contribution is -2.34. The first kappa shape index (κ1) is 22.0. The molecule has 0 N–H and O–H groups in total. The van der Waals surface area contributed by atoms with Crippen LogP contribution in [-0.2, 0) is 5.41 Å². The van der Waals surface area contributed by atoms with E-state index in [4.69, 9.17) is 4.74 Å². The zero-order valence-corrected chi connectivity index (χ0v) is 17.0. The first-order valence-corrected chi connectivity index (χ1v) is 9.23. The van der Waals surface area contributed by atoms with Crippen molar-refractivity contribution in [2.45, 2.75) is 79.7 Å². The molecule has 2 nitrogen and oxygen atoms in total. The average Bonchev–Trinajstić information content (AvgIpc) is 2.51. The first-order valence-electron chi connectivity index (χ1n) is 9.23. The molecule has 0 bridgehead atoms. The van der Waals surface area contributed by atoms with Gasteiger partial charge in [-0.3, -0.25) is 0 Å². The molecule has 134 valence electrons. The maximum atomic E-state index is 5.97. The van der Waals surface area contributed by atoms with Gasteiger partial charge in [0.1, 0.15) is 12.4 Å². The Labute approximate surface area is 145 Å². The fourth-order valence-electron chi connectivity index (χ4n) is 2.67. The van der Waals surface area contributed by atoms with Crippen LogP contribution in [-0.4, -0.2) is 31.1 Å². The third kappa shape index (κ3) is 7.39. The van der Waals surface area contributed by atoms with Gasteiger partial charge in [0.25, 0.3) is 0 Å². The Morgan fingerprint density at radius 1 is 1.09 bits per heavy atom. The summed E-state index contributed by atoms with van der Waals surface area (Å²) in [5, 5.41) is 0. The summed E-state index contributed by atoms with van der Waals surface area (Å²) in [5.41, 5.74) is 2.79. The second-order valence-electron chi connectivity index (χ2n) is 7.03. The van der Waals surface area contributed by atoms with Gasteiger partial charge in [0.2, 0.25) is 0 Å². The Hall–Kier alpha value is -1.02. The summed E-state index contributed by atoms with van der Waals surface area (Å²) in [4.78, 5) is 2.40.